The number of benzene rings is 1. The Hall–Kier alpha value is -1.47. The molecule has 0 aromatic heterocycles. The summed E-state index contributed by atoms with van der Waals surface area (Å²) in [6.07, 6.45) is 3.98. The number of aliphatic imine (C=N–C) groups is 1. The number of fused-ring (bicyclic) bond motifs is 1. The Labute approximate surface area is 81.5 Å². The van der Waals surface area contributed by atoms with Crippen LogP contribution in [0.4, 0.5) is 4.39 Å². The van der Waals surface area contributed by atoms with Crippen LogP contribution in [-0.4, -0.2) is 6.08 Å². The lowest BCUT2D eigenvalue weighted by Gasteiger charge is -2.21. The molecule has 1 aliphatic carbocycles. The Morgan fingerprint density at radius 2 is 2.36 bits per heavy atom. The van der Waals surface area contributed by atoms with E-state index in [2.05, 4.69) is 4.99 Å². The molecule has 2 nitrogen and oxygen atoms in total. The summed E-state index contributed by atoms with van der Waals surface area (Å²) in [5, 5.41) is 0. The fourth-order valence-corrected chi connectivity index (χ4v) is 1.98. The van der Waals surface area contributed by atoms with Gasteiger partial charge in [-0.3, -0.25) is 0 Å². The maximum absolute atomic E-state index is 13.3. The van der Waals surface area contributed by atoms with Crippen LogP contribution in [0.3, 0.4) is 0 Å². The molecule has 72 valence electrons. The van der Waals surface area contributed by atoms with Gasteiger partial charge in [-0.05, 0) is 36.5 Å². The van der Waals surface area contributed by atoms with Gasteiger partial charge >= 0.3 is 0 Å². The molecule has 0 bridgehead atoms. The van der Waals surface area contributed by atoms with Gasteiger partial charge in [-0.15, -0.1) is 0 Å². The zero-order valence-corrected chi connectivity index (χ0v) is 7.66. The first-order valence-electron chi connectivity index (χ1n) is 4.67. The van der Waals surface area contributed by atoms with Crippen LogP contribution in [0.25, 0.3) is 0 Å². The number of carbonyl (C=O) groups excluding carboxylic acids is 1. The molecular formula is C11H10FNO. The van der Waals surface area contributed by atoms with Crippen molar-refractivity contribution in [1.82, 2.24) is 0 Å². The Bertz CT molecular complexity index is 396. The van der Waals surface area contributed by atoms with E-state index in [1.807, 2.05) is 6.07 Å². The number of hydrogen-bond acceptors (Lipinski definition) is 2. The SMILES string of the molecule is O=C=NC1CCCc2c(F)cccc21. The molecule has 14 heavy (non-hydrogen) atoms. The average molecular weight is 191 g/mol. The van der Waals surface area contributed by atoms with Crippen molar-refractivity contribution < 1.29 is 9.18 Å². The molecule has 0 amide bonds. The third-order valence-corrected chi connectivity index (χ3v) is 2.63. The third kappa shape index (κ3) is 1.47. The average Bonchev–Trinajstić information content (AvgIpc) is 2.20. The van der Waals surface area contributed by atoms with Crippen LogP contribution in [0.15, 0.2) is 23.2 Å². The summed E-state index contributed by atoms with van der Waals surface area (Å²) in [5.74, 6) is -0.187. The van der Waals surface area contributed by atoms with Crippen molar-refractivity contribution in [2.24, 2.45) is 4.99 Å². The van der Waals surface area contributed by atoms with Gasteiger partial charge in [0.05, 0.1) is 6.04 Å². The van der Waals surface area contributed by atoms with Crippen LogP contribution in [0.2, 0.25) is 0 Å². The highest BCUT2D eigenvalue weighted by molar-refractivity contribution is 5.39. The van der Waals surface area contributed by atoms with Gasteiger partial charge in [0.2, 0.25) is 6.08 Å². The van der Waals surface area contributed by atoms with E-state index in [0.29, 0.717) is 5.56 Å². The molecule has 1 atom stereocenters. The molecule has 1 aromatic rings. The van der Waals surface area contributed by atoms with E-state index in [-0.39, 0.29) is 11.9 Å². The lowest BCUT2D eigenvalue weighted by atomic mass is 9.88. The zero-order chi connectivity index (χ0) is 9.97. The highest BCUT2D eigenvalue weighted by atomic mass is 19.1. The lowest BCUT2D eigenvalue weighted by Crippen LogP contribution is -2.09. The largest absolute Gasteiger partial charge is 0.235 e. The topological polar surface area (TPSA) is 29.4 Å². The van der Waals surface area contributed by atoms with Crippen molar-refractivity contribution in [1.29, 1.82) is 0 Å². The van der Waals surface area contributed by atoms with Gasteiger partial charge in [-0.1, -0.05) is 12.1 Å². The molecule has 0 spiro atoms. The van der Waals surface area contributed by atoms with Gasteiger partial charge in [-0.25, -0.2) is 9.18 Å². The first kappa shape index (κ1) is 9.10. The molecule has 0 N–H and O–H groups in total. The van der Waals surface area contributed by atoms with Crippen LogP contribution in [0.5, 0.6) is 0 Å². The number of isocyanates is 1. The normalized spacial score (nSPS) is 19.6. The van der Waals surface area contributed by atoms with Crippen molar-refractivity contribution >= 4 is 6.08 Å². The molecule has 1 aliphatic rings. The summed E-state index contributed by atoms with van der Waals surface area (Å²) >= 11 is 0. The Morgan fingerprint density at radius 3 is 3.14 bits per heavy atom. The van der Waals surface area contributed by atoms with Crippen LogP contribution >= 0.6 is 0 Å². The number of rotatable bonds is 1. The van der Waals surface area contributed by atoms with E-state index < -0.39 is 0 Å². The van der Waals surface area contributed by atoms with Gasteiger partial charge in [0.1, 0.15) is 5.82 Å². The fraction of sp³-hybridized carbons (Fsp3) is 0.364. The third-order valence-electron chi connectivity index (χ3n) is 2.63. The lowest BCUT2D eigenvalue weighted by molar-refractivity contribution is 0.520. The minimum absolute atomic E-state index is 0.187. The second-order valence-corrected chi connectivity index (χ2v) is 3.44. The Balaban J connectivity index is 2.49. The summed E-state index contributed by atoms with van der Waals surface area (Å²) in [6, 6.07) is 4.76. The molecule has 0 radical (unpaired) electrons. The van der Waals surface area contributed by atoms with E-state index in [1.165, 1.54) is 6.07 Å². The quantitative estimate of drug-likeness (QED) is 0.495. The second kappa shape index (κ2) is 3.72. The van der Waals surface area contributed by atoms with E-state index in [1.54, 1.807) is 12.1 Å². The molecule has 0 heterocycles. The summed E-state index contributed by atoms with van der Waals surface area (Å²) in [4.78, 5) is 13.9. The first-order chi connectivity index (χ1) is 6.83. The number of hydrogen-bond donors (Lipinski definition) is 0. The van der Waals surface area contributed by atoms with Crippen molar-refractivity contribution in [2.75, 3.05) is 0 Å². The Morgan fingerprint density at radius 1 is 1.50 bits per heavy atom. The predicted molar refractivity (Wildman–Crippen MR) is 50.2 cm³/mol. The van der Waals surface area contributed by atoms with Gasteiger partial charge in [0.25, 0.3) is 0 Å². The van der Waals surface area contributed by atoms with Crippen molar-refractivity contribution in [3.05, 3.63) is 35.1 Å². The predicted octanol–water partition coefficient (Wildman–Crippen LogP) is 2.54. The standard InChI is InChI=1S/C11H10FNO/c12-10-5-1-4-9-8(10)3-2-6-11(9)13-7-14/h1,4-5,11H,2-3,6H2. The summed E-state index contributed by atoms with van der Waals surface area (Å²) in [6.45, 7) is 0. The van der Waals surface area contributed by atoms with E-state index in [0.717, 1.165) is 24.8 Å². The maximum Gasteiger partial charge on any atom is 0.235 e. The molecular weight excluding hydrogens is 181 g/mol. The summed E-state index contributed by atoms with van der Waals surface area (Å²) in [5.41, 5.74) is 1.56. The smallest absolute Gasteiger partial charge is 0.211 e. The van der Waals surface area contributed by atoms with E-state index in [9.17, 15) is 9.18 Å². The van der Waals surface area contributed by atoms with Crippen molar-refractivity contribution in [3.8, 4) is 0 Å². The molecule has 3 heteroatoms. The minimum atomic E-state index is -0.188. The van der Waals surface area contributed by atoms with E-state index >= 15 is 0 Å². The van der Waals surface area contributed by atoms with Crippen molar-refractivity contribution in [2.45, 2.75) is 25.3 Å². The highest BCUT2D eigenvalue weighted by Gasteiger charge is 2.21. The van der Waals surface area contributed by atoms with E-state index in [4.69, 9.17) is 0 Å². The molecule has 1 unspecified atom stereocenters. The van der Waals surface area contributed by atoms with Gasteiger partial charge in [0, 0.05) is 0 Å². The minimum Gasteiger partial charge on any atom is -0.211 e. The van der Waals surface area contributed by atoms with Gasteiger partial charge in [-0.2, -0.15) is 4.99 Å². The number of halogens is 1. The summed E-state index contributed by atoms with van der Waals surface area (Å²) < 4.78 is 13.3. The summed E-state index contributed by atoms with van der Waals surface area (Å²) in [7, 11) is 0. The highest BCUT2D eigenvalue weighted by Crippen LogP contribution is 2.33. The van der Waals surface area contributed by atoms with Gasteiger partial charge < -0.3 is 0 Å². The van der Waals surface area contributed by atoms with Crippen LogP contribution in [0, 0.1) is 5.82 Å². The Kier molecular flexibility index (Phi) is 2.42. The first-order valence-corrected chi connectivity index (χ1v) is 4.67. The molecule has 0 aliphatic heterocycles. The monoisotopic (exact) mass is 191 g/mol. The molecule has 1 aromatic carbocycles. The molecule has 2 rings (SSSR count). The maximum atomic E-state index is 13.3. The van der Waals surface area contributed by atoms with Crippen LogP contribution < -0.4 is 0 Å². The van der Waals surface area contributed by atoms with Gasteiger partial charge in [0.15, 0.2) is 0 Å². The molecule has 0 saturated heterocycles. The van der Waals surface area contributed by atoms with Crippen LogP contribution in [0.1, 0.15) is 30.0 Å². The van der Waals surface area contributed by atoms with Crippen molar-refractivity contribution in [3.63, 3.8) is 0 Å². The second-order valence-electron chi connectivity index (χ2n) is 3.44. The zero-order valence-electron chi connectivity index (χ0n) is 7.66. The number of nitrogens with zero attached hydrogens (tertiary/aromatic N) is 1. The molecule has 0 saturated carbocycles. The molecule has 0 fully saturated rings. The van der Waals surface area contributed by atoms with Crippen LogP contribution in [-0.2, 0) is 11.2 Å². The fourth-order valence-electron chi connectivity index (χ4n) is 1.98.